The van der Waals surface area contributed by atoms with Gasteiger partial charge in [-0.25, -0.2) is 4.39 Å². The van der Waals surface area contributed by atoms with Crippen molar-refractivity contribution >= 4 is 22.6 Å². The van der Waals surface area contributed by atoms with Crippen LogP contribution in [0, 0.1) is 5.82 Å². The maximum atomic E-state index is 12.9. The molecule has 0 atom stereocenters. The number of halogens is 1. The lowest BCUT2D eigenvalue weighted by Crippen LogP contribution is -2.26. The third-order valence-corrected chi connectivity index (χ3v) is 4.32. The predicted molar refractivity (Wildman–Crippen MR) is 78.2 cm³/mol. The first-order valence-electron chi connectivity index (χ1n) is 6.60. The summed E-state index contributed by atoms with van der Waals surface area (Å²) in [4.78, 5) is 4.68. The molecule has 0 unspecified atom stereocenters. The average Bonchev–Trinajstić information content (AvgIpc) is 2.94. The Morgan fingerprint density at radius 3 is 2.58 bits per heavy atom. The number of nitrogens with one attached hydrogen (secondary N) is 1. The Hall–Kier alpha value is -1.36. The van der Waals surface area contributed by atoms with E-state index in [-0.39, 0.29) is 5.82 Å². The van der Waals surface area contributed by atoms with E-state index < -0.39 is 0 Å². The van der Waals surface area contributed by atoms with Crippen molar-refractivity contribution in [3.05, 3.63) is 35.6 Å². The van der Waals surface area contributed by atoms with Gasteiger partial charge in [-0.1, -0.05) is 36.7 Å². The van der Waals surface area contributed by atoms with Crippen molar-refractivity contribution in [2.45, 2.75) is 31.7 Å². The Bertz CT molecular complexity index is 504. The molecule has 1 fully saturated rings. The minimum Gasteiger partial charge on any atom is -0.258 e. The van der Waals surface area contributed by atoms with Gasteiger partial charge in [0.2, 0.25) is 0 Å². The molecule has 5 heteroatoms. The van der Waals surface area contributed by atoms with E-state index in [1.807, 2.05) is 0 Å². The Labute approximate surface area is 116 Å². The minimum atomic E-state index is -0.218. The van der Waals surface area contributed by atoms with Crippen LogP contribution in [0.5, 0.6) is 0 Å². The van der Waals surface area contributed by atoms with Crippen LogP contribution in [0.1, 0.15) is 31.2 Å². The molecule has 0 radical (unpaired) electrons. The van der Waals surface area contributed by atoms with E-state index in [4.69, 9.17) is 0 Å². The van der Waals surface area contributed by atoms with Crippen LogP contribution in [-0.2, 0) is 0 Å². The first-order chi connectivity index (χ1) is 9.31. The van der Waals surface area contributed by atoms with Gasteiger partial charge in [0.1, 0.15) is 5.82 Å². The highest BCUT2D eigenvalue weighted by molar-refractivity contribution is 8.14. The molecule has 2 aliphatic rings. The van der Waals surface area contributed by atoms with Gasteiger partial charge in [0, 0.05) is 5.75 Å². The van der Waals surface area contributed by atoms with Crippen molar-refractivity contribution in [3.8, 4) is 0 Å². The quantitative estimate of drug-likeness (QED) is 0.901. The summed E-state index contributed by atoms with van der Waals surface area (Å²) in [6.45, 7) is 0. The van der Waals surface area contributed by atoms with Crippen LogP contribution in [0.3, 0.4) is 0 Å². The van der Waals surface area contributed by atoms with Gasteiger partial charge in [0.15, 0.2) is 5.17 Å². The number of amidine groups is 1. The highest BCUT2D eigenvalue weighted by Crippen LogP contribution is 2.23. The van der Waals surface area contributed by atoms with Gasteiger partial charge in [-0.15, -0.1) is 0 Å². The summed E-state index contributed by atoms with van der Waals surface area (Å²) in [5.74, 6) is 0.564. The van der Waals surface area contributed by atoms with Crippen molar-refractivity contribution < 1.29 is 4.39 Å². The molecule has 1 heterocycles. The number of nitrogens with zero attached hydrogens (tertiary/aromatic N) is 2. The van der Waals surface area contributed by atoms with Crippen LogP contribution in [0.25, 0.3) is 0 Å². The number of thioether (sulfide) groups is 1. The Balaban J connectivity index is 1.68. The van der Waals surface area contributed by atoms with E-state index in [0.29, 0.717) is 6.04 Å². The maximum absolute atomic E-state index is 12.9. The second-order valence-corrected chi connectivity index (χ2v) is 5.80. The molecule has 1 aliphatic heterocycles. The van der Waals surface area contributed by atoms with Crippen LogP contribution in [0.4, 0.5) is 4.39 Å². The number of hydrogen-bond donors (Lipinski definition) is 1. The van der Waals surface area contributed by atoms with Crippen molar-refractivity contribution in [1.82, 2.24) is 5.43 Å². The summed E-state index contributed by atoms with van der Waals surface area (Å²) in [5, 5.41) is 5.26. The lowest BCUT2D eigenvalue weighted by Gasteiger charge is -2.16. The molecule has 3 nitrogen and oxygen atoms in total. The molecule has 0 spiro atoms. The normalized spacial score (nSPS) is 22.4. The zero-order valence-corrected chi connectivity index (χ0v) is 11.4. The number of benzene rings is 1. The van der Waals surface area contributed by atoms with Gasteiger partial charge in [-0.3, -0.25) is 10.4 Å². The van der Waals surface area contributed by atoms with Gasteiger partial charge in [-0.05, 0) is 30.5 Å². The maximum Gasteiger partial charge on any atom is 0.177 e. The van der Waals surface area contributed by atoms with Crippen LogP contribution < -0.4 is 5.43 Å². The summed E-state index contributed by atoms with van der Waals surface area (Å²) >= 11 is 1.67. The molecule has 1 saturated carbocycles. The van der Waals surface area contributed by atoms with Gasteiger partial charge >= 0.3 is 0 Å². The number of rotatable bonds is 2. The number of aliphatic imine (C=N–C) groups is 1. The molecule has 1 aliphatic carbocycles. The largest absolute Gasteiger partial charge is 0.258 e. The van der Waals surface area contributed by atoms with Crippen molar-refractivity contribution in [2.24, 2.45) is 10.1 Å². The summed E-state index contributed by atoms with van der Waals surface area (Å²) in [5.41, 5.74) is 4.92. The molecule has 100 valence electrons. The third-order valence-electron chi connectivity index (χ3n) is 3.43. The SMILES string of the molecule is Fc1ccc(C2=NNC(=NC3CCCC3)SC2)cc1. The average molecular weight is 277 g/mol. The second-order valence-electron chi connectivity index (χ2n) is 4.84. The number of hydrogen-bond acceptors (Lipinski definition) is 3. The van der Waals surface area contributed by atoms with E-state index in [1.54, 1.807) is 23.9 Å². The van der Waals surface area contributed by atoms with E-state index >= 15 is 0 Å². The fourth-order valence-corrected chi connectivity index (χ4v) is 3.21. The highest BCUT2D eigenvalue weighted by atomic mass is 32.2. The Morgan fingerprint density at radius 1 is 1.21 bits per heavy atom. The number of hydrazone groups is 1. The zero-order chi connectivity index (χ0) is 13.1. The molecule has 0 saturated heterocycles. The van der Waals surface area contributed by atoms with E-state index in [0.717, 1.165) is 22.2 Å². The fourth-order valence-electron chi connectivity index (χ4n) is 2.37. The zero-order valence-electron chi connectivity index (χ0n) is 10.6. The van der Waals surface area contributed by atoms with Crippen LogP contribution in [0.15, 0.2) is 34.4 Å². The first kappa shape index (κ1) is 12.7. The molecule has 19 heavy (non-hydrogen) atoms. The summed E-state index contributed by atoms with van der Waals surface area (Å²) in [6.07, 6.45) is 4.97. The topological polar surface area (TPSA) is 36.8 Å². The Morgan fingerprint density at radius 2 is 1.95 bits per heavy atom. The van der Waals surface area contributed by atoms with Crippen LogP contribution in [-0.4, -0.2) is 22.7 Å². The highest BCUT2D eigenvalue weighted by Gasteiger charge is 2.17. The molecule has 0 aromatic heterocycles. The van der Waals surface area contributed by atoms with Gasteiger partial charge in [0.05, 0.1) is 11.8 Å². The molecule has 0 amide bonds. The third kappa shape index (κ3) is 3.15. The van der Waals surface area contributed by atoms with Crippen LogP contribution in [0.2, 0.25) is 0 Å². The molecule has 1 N–H and O–H groups in total. The molecule has 0 bridgehead atoms. The smallest absolute Gasteiger partial charge is 0.177 e. The minimum absolute atomic E-state index is 0.218. The van der Waals surface area contributed by atoms with Crippen LogP contribution >= 0.6 is 11.8 Å². The first-order valence-corrected chi connectivity index (χ1v) is 7.59. The monoisotopic (exact) mass is 277 g/mol. The Kier molecular flexibility index (Phi) is 3.82. The lowest BCUT2D eigenvalue weighted by atomic mass is 10.1. The second kappa shape index (κ2) is 5.74. The van der Waals surface area contributed by atoms with E-state index in [1.165, 1.54) is 37.8 Å². The molecule has 1 aromatic carbocycles. The summed E-state index contributed by atoms with van der Waals surface area (Å²) in [7, 11) is 0. The summed E-state index contributed by atoms with van der Waals surface area (Å²) in [6, 6.07) is 6.91. The molecular weight excluding hydrogens is 261 g/mol. The van der Waals surface area contributed by atoms with Crippen molar-refractivity contribution in [3.63, 3.8) is 0 Å². The molecule has 1 aromatic rings. The van der Waals surface area contributed by atoms with Gasteiger partial charge in [-0.2, -0.15) is 5.10 Å². The van der Waals surface area contributed by atoms with Crippen molar-refractivity contribution in [1.29, 1.82) is 0 Å². The van der Waals surface area contributed by atoms with E-state index in [2.05, 4.69) is 15.5 Å². The molecule has 3 rings (SSSR count). The predicted octanol–water partition coefficient (Wildman–Crippen LogP) is 3.16. The summed E-state index contributed by atoms with van der Waals surface area (Å²) < 4.78 is 12.9. The lowest BCUT2D eigenvalue weighted by molar-refractivity contribution is 0.628. The van der Waals surface area contributed by atoms with Gasteiger partial charge in [0.25, 0.3) is 0 Å². The fraction of sp³-hybridized carbons (Fsp3) is 0.429. The molecular formula is C14H16FN3S. The van der Waals surface area contributed by atoms with Gasteiger partial charge < -0.3 is 0 Å². The van der Waals surface area contributed by atoms with Crippen molar-refractivity contribution in [2.75, 3.05) is 5.75 Å². The van der Waals surface area contributed by atoms with E-state index in [9.17, 15) is 4.39 Å². The standard InChI is InChI=1S/C14H16FN3S/c15-11-7-5-10(6-8-11)13-9-19-14(18-17-13)16-12-3-1-2-4-12/h5-8,12H,1-4,9H2,(H,16,18).